The van der Waals surface area contributed by atoms with Crippen molar-refractivity contribution in [3.63, 3.8) is 0 Å². The monoisotopic (exact) mass is 193 g/mol. The summed E-state index contributed by atoms with van der Waals surface area (Å²) >= 11 is 0.831. The molecule has 33 valence electrons. The van der Waals surface area contributed by atoms with Gasteiger partial charge in [-0.2, -0.15) is 0 Å². The predicted molar refractivity (Wildman–Crippen MR) is 22.1 cm³/mol. The van der Waals surface area contributed by atoms with Gasteiger partial charge in [-0.3, -0.25) is 0 Å². The summed E-state index contributed by atoms with van der Waals surface area (Å²) in [5.41, 5.74) is 0. The van der Waals surface area contributed by atoms with Crippen LogP contribution < -0.4 is 0 Å². The Bertz CT molecular complexity index is 46.8. The molecule has 0 N–H and O–H groups in total. The molecule has 3 radical (unpaired) electrons. The summed E-state index contributed by atoms with van der Waals surface area (Å²) in [5, 5.41) is 0. The molecule has 2 nitrogen and oxygen atoms in total. The third kappa shape index (κ3) is 2.50. The first-order chi connectivity index (χ1) is 2.81. The van der Waals surface area contributed by atoms with Gasteiger partial charge in [0.05, 0.1) is 0 Å². The van der Waals surface area contributed by atoms with Crippen LogP contribution in [0.5, 0.6) is 0 Å². The Balaban J connectivity index is 2.99. The van der Waals surface area contributed by atoms with E-state index in [-0.39, 0.29) is 5.97 Å². The van der Waals surface area contributed by atoms with Crippen LogP contribution in [-0.2, 0) is 7.87 Å². The van der Waals surface area contributed by atoms with E-state index in [0.717, 1.165) is 22.9 Å². The third-order valence-electron chi connectivity index (χ3n) is 0.403. The van der Waals surface area contributed by atoms with E-state index in [2.05, 4.69) is 3.07 Å². The molecule has 0 aliphatic heterocycles. The second-order valence-electron chi connectivity index (χ2n) is 0.828. The van der Waals surface area contributed by atoms with Crippen molar-refractivity contribution in [2.75, 3.05) is 0 Å². The van der Waals surface area contributed by atoms with E-state index < -0.39 is 0 Å². The molecule has 0 bridgehead atoms. The van der Waals surface area contributed by atoms with Gasteiger partial charge in [-0.25, -0.2) is 0 Å². The van der Waals surface area contributed by atoms with Crippen LogP contribution in [0, 0.1) is 0 Å². The average Bonchev–Trinajstić information content (AvgIpc) is 1.65. The topological polar surface area (TPSA) is 26.3 Å². The van der Waals surface area contributed by atoms with E-state index in [0.29, 0.717) is 6.42 Å². The Kier molecular flexibility index (Phi) is 3.61. The molecule has 0 saturated heterocycles. The van der Waals surface area contributed by atoms with Gasteiger partial charge in [0.25, 0.3) is 0 Å². The van der Waals surface area contributed by atoms with Crippen LogP contribution in [0.25, 0.3) is 0 Å². The van der Waals surface area contributed by atoms with Crippen molar-refractivity contribution in [1.82, 2.24) is 0 Å². The van der Waals surface area contributed by atoms with Gasteiger partial charge in [-0.1, -0.05) is 0 Å². The molecule has 0 spiro atoms. The molecule has 0 aromatic rings. The first-order valence-corrected chi connectivity index (χ1v) is 2.84. The molecule has 0 aliphatic carbocycles. The Morgan fingerprint density at radius 2 is 2.50 bits per heavy atom. The first-order valence-electron chi connectivity index (χ1n) is 1.67. The second kappa shape index (κ2) is 3.46. The van der Waals surface area contributed by atoms with Crippen molar-refractivity contribution in [2.24, 2.45) is 0 Å². The summed E-state index contributed by atoms with van der Waals surface area (Å²) in [6, 6.07) is 0. The zero-order valence-corrected chi connectivity index (χ0v) is 6.38. The zero-order chi connectivity index (χ0) is 4.99. The first kappa shape index (κ1) is 6.27. The van der Waals surface area contributed by atoms with E-state index >= 15 is 0 Å². The molecule has 0 aliphatic rings. The molecule has 0 rings (SSSR count). The quantitative estimate of drug-likeness (QED) is 0.547. The molecular weight excluding hydrogens is 187 g/mol. The van der Waals surface area contributed by atoms with Gasteiger partial charge in [0, 0.05) is 0 Å². The summed E-state index contributed by atoms with van der Waals surface area (Å²) in [6.07, 6.45) is 0.491. The summed E-state index contributed by atoms with van der Waals surface area (Å²) in [5.74, 6) is -0.117. The van der Waals surface area contributed by atoms with E-state index in [1.54, 1.807) is 6.92 Å². The van der Waals surface area contributed by atoms with Crippen molar-refractivity contribution in [2.45, 2.75) is 13.3 Å². The van der Waals surface area contributed by atoms with Crippen LogP contribution >= 0.6 is 0 Å². The number of carbonyl (C=O) groups excluding carboxylic acids is 1. The van der Waals surface area contributed by atoms with E-state index in [1.165, 1.54) is 0 Å². The molecule has 0 amide bonds. The van der Waals surface area contributed by atoms with Gasteiger partial charge in [0.2, 0.25) is 0 Å². The molecule has 0 fully saturated rings. The van der Waals surface area contributed by atoms with Crippen LogP contribution in [0.2, 0.25) is 0 Å². The Morgan fingerprint density at radius 1 is 2.00 bits per heavy atom. The zero-order valence-electron chi connectivity index (χ0n) is 3.52. The van der Waals surface area contributed by atoms with Gasteiger partial charge in [0.15, 0.2) is 0 Å². The Hall–Kier alpha value is 0.269. The molecule has 0 aromatic heterocycles. The molecule has 0 aromatic carbocycles. The van der Waals surface area contributed by atoms with Crippen molar-refractivity contribution in [3.05, 3.63) is 0 Å². The van der Waals surface area contributed by atoms with E-state index in [1.807, 2.05) is 0 Å². The standard InChI is InChI=1S/C3H6O2.Sn/c1-2-3(4)5;/h2H2,1H3,(H,4,5);/q;+1/p-1. The van der Waals surface area contributed by atoms with Gasteiger partial charge in [0.1, 0.15) is 0 Å². The van der Waals surface area contributed by atoms with Gasteiger partial charge < -0.3 is 0 Å². The van der Waals surface area contributed by atoms with Crippen LogP contribution in [-0.4, -0.2) is 28.9 Å². The van der Waals surface area contributed by atoms with E-state index in [4.69, 9.17) is 0 Å². The third-order valence-corrected chi connectivity index (χ3v) is 1.05. The number of hydrogen-bond donors (Lipinski definition) is 0. The SMILES string of the molecule is CCC(=O)[O][Sn]. The number of carbonyl (C=O) groups is 1. The van der Waals surface area contributed by atoms with Crippen molar-refractivity contribution >= 4 is 28.9 Å². The minimum absolute atomic E-state index is 0.117. The minimum atomic E-state index is -0.117. The Morgan fingerprint density at radius 3 is 2.50 bits per heavy atom. The van der Waals surface area contributed by atoms with Gasteiger partial charge in [-0.05, 0) is 0 Å². The summed E-state index contributed by atoms with van der Waals surface area (Å²) in [4.78, 5) is 9.98. The molecule has 6 heavy (non-hydrogen) atoms. The average molecular weight is 192 g/mol. The van der Waals surface area contributed by atoms with Gasteiger partial charge >= 0.3 is 50.1 Å². The van der Waals surface area contributed by atoms with Crippen molar-refractivity contribution < 1.29 is 7.87 Å². The molecular formula is C3H5O2Sn. The fourth-order valence-corrected chi connectivity index (χ4v) is 0.484. The normalized spacial score (nSPS) is 7.67. The molecule has 0 atom stereocenters. The van der Waals surface area contributed by atoms with Crippen molar-refractivity contribution in [1.29, 1.82) is 0 Å². The predicted octanol–water partition coefficient (Wildman–Crippen LogP) is 0.0231. The van der Waals surface area contributed by atoms with Crippen LogP contribution in [0.3, 0.4) is 0 Å². The number of rotatable bonds is 1. The maximum absolute atomic E-state index is 9.98. The number of hydrogen-bond acceptors (Lipinski definition) is 2. The maximum atomic E-state index is 9.98. The van der Waals surface area contributed by atoms with Crippen LogP contribution in [0.4, 0.5) is 0 Å². The van der Waals surface area contributed by atoms with Crippen LogP contribution in [0.1, 0.15) is 13.3 Å². The second-order valence-corrected chi connectivity index (χ2v) is 1.41. The summed E-state index contributed by atoms with van der Waals surface area (Å²) in [7, 11) is 0. The Labute approximate surface area is 50.5 Å². The van der Waals surface area contributed by atoms with E-state index in [9.17, 15) is 4.79 Å². The van der Waals surface area contributed by atoms with Gasteiger partial charge in [-0.15, -0.1) is 0 Å². The molecule has 0 heterocycles. The fraction of sp³-hybridized carbons (Fsp3) is 0.667. The molecule has 0 saturated carbocycles. The molecule has 3 heteroatoms. The van der Waals surface area contributed by atoms with Crippen LogP contribution in [0.15, 0.2) is 0 Å². The fourth-order valence-electron chi connectivity index (χ4n) is 0.0722. The summed E-state index contributed by atoms with van der Waals surface area (Å²) in [6.45, 7) is 1.77. The van der Waals surface area contributed by atoms with Crippen molar-refractivity contribution in [3.8, 4) is 0 Å². The summed E-state index contributed by atoms with van der Waals surface area (Å²) < 4.78 is 4.35. The molecule has 0 unspecified atom stereocenters.